The highest BCUT2D eigenvalue weighted by molar-refractivity contribution is 7.92. The van der Waals surface area contributed by atoms with Crippen molar-refractivity contribution in [1.29, 1.82) is 0 Å². The number of carbonyl (C=O) groups excluding carboxylic acids is 2. The van der Waals surface area contributed by atoms with Crippen molar-refractivity contribution < 1.29 is 27.1 Å². The average Bonchev–Trinajstić information content (AvgIpc) is 2.97. The largest absolute Gasteiger partial charge is 0.494 e. The summed E-state index contributed by atoms with van der Waals surface area (Å²) in [5.41, 5.74) is 0.594. The lowest BCUT2D eigenvalue weighted by Crippen LogP contribution is -2.53. The Morgan fingerprint density at radius 3 is 2.07 bits per heavy atom. The maximum Gasteiger partial charge on any atom is 0.264 e. The maximum atomic E-state index is 14.2. The van der Waals surface area contributed by atoms with E-state index >= 15 is 0 Å². The van der Waals surface area contributed by atoms with Crippen molar-refractivity contribution in [2.24, 2.45) is 0 Å². The van der Waals surface area contributed by atoms with Crippen molar-refractivity contribution >= 4 is 50.7 Å². The Balaban J connectivity index is 2.10. The first-order valence-electron chi connectivity index (χ1n) is 14.0. The number of rotatable bonds is 14. The molecular weight excluding hydrogens is 616 g/mol. The summed E-state index contributed by atoms with van der Waals surface area (Å²) in [6, 6.07) is 14.3. The van der Waals surface area contributed by atoms with Crippen LogP contribution < -0.4 is 14.4 Å². The first-order chi connectivity index (χ1) is 20.4. The third-order valence-corrected chi connectivity index (χ3v) is 9.39. The van der Waals surface area contributed by atoms with Crippen LogP contribution in [0.3, 0.4) is 0 Å². The molecule has 2 amide bonds. The smallest absolute Gasteiger partial charge is 0.264 e. The summed E-state index contributed by atoms with van der Waals surface area (Å²) in [7, 11) is -4.36. The van der Waals surface area contributed by atoms with Crippen molar-refractivity contribution in [1.82, 2.24) is 10.2 Å². The molecule has 0 saturated heterocycles. The zero-order valence-corrected chi connectivity index (χ0v) is 26.8. The van der Waals surface area contributed by atoms with Gasteiger partial charge in [-0.3, -0.25) is 13.9 Å². The van der Waals surface area contributed by atoms with Crippen LogP contribution in [0.4, 0.5) is 10.1 Å². The molecule has 0 unspecified atom stereocenters. The molecule has 0 aliphatic heterocycles. The minimum Gasteiger partial charge on any atom is -0.494 e. The number of anilines is 1. The summed E-state index contributed by atoms with van der Waals surface area (Å²) in [5.74, 6) is -1.15. The van der Waals surface area contributed by atoms with Gasteiger partial charge in [0, 0.05) is 28.2 Å². The standard InChI is InChI=1S/C31H36Cl2FN3O5S/c1-5-21(4)35-31(39)29(6-2)36(19-26-27(32)9-8-10-28(26)33)30(38)20-37(23-13-15-24(16-14-23)42-7-3)43(40,41)25-17-11-22(34)12-18-25/h8-18,21,29H,5-7,19-20H2,1-4H3,(H,35,39)/t21-,29-/m1/s1. The molecular formula is C31H36Cl2FN3O5S. The molecule has 43 heavy (non-hydrogen) atoms. The van der Waals surface area contributed by atoms with Crippen molar-refractivity contribution in [3.8, 4) is 5.75 Å². The predicted octanol–water partition coefficient (Wildman–Crippen LogP) is 6.45. The molecule has 0 bridgehead atoms. The average molecular weight is 653 g/mol. The van der Waals surface area contributed by atoms with Gasteiger partial charge in [0.15, 0.2) is 0 Å². The fourth-order valence-electron chi connectivity index (χ4n) is 4.35. The van der Waals surface area contributed by atoms with Crippen molar-refractivity contribution in [2.45, 2.75) is 64.1 Å². The molecule has 3 rings (SSSR count). The molecule has 232 valence electrons. The van der Waals surface area contributed by atoms with Crippen LogP contribution >= 0.6 is 23.2 Å². The summed E-state index contributed by atoms with van der Waals surface area (Å²) in [6.07, 6.45) is 0.914. The second-order valence-electron chi connectivity index (χ2n) is 9.86. The number of nitrogens with zero attached hydrogens (tertiary/aromatic N) is 2. The minimum atomic E-state index is -4.36. The van der Waals surface area contributed by atoms with E-state index in [0.29, 0.717) is 34.4 Å². The number of hydrogen-bond acceptors (Lipinski definition) is 5. The van der Waals surface area contributed by atoms with E-state index in [2.05, 4.69) is 5.32 Å². The van der Waals surface area contributed by atoms with Crippen LogP contribution in [0, 0.1) is 5.82 Å². The molecule has 0 aromatic heterocycles. The van der Waals surface area contributed by atoms with Gasteiger partial charge in [0.25, 0.3) is 10.0 Å². The summed E-state index contributed by atoms with van der Waals surface area (Å²) in [5, 5.41) is 3.51. The topological polar surface area (TPSA) is 96.0 Å². The molecule has 0 heterocycles. The summed E-state index contributed by atoms with van der Waals surface area (Å²) >= 11 is 12.9. The Hall–Kier alpha value is -3.34. The molecule has 0 aliphatic rings. The quantitative estimate of drug-likeness (QED) is 0.216. The van der Waals surface area contributed by atoms with E-state index in [1.165, 1.54) is 17.0 Å². The molecule has 0 fully saturated rings. The zero-order chi connectivity index (χ0) is 31.7. The predicted molar refractivity (Wildman–Crippen MR) is 168 cm³/mol. The molecule has 1 N–H and O–H groups in total. The van der Waals surface area contributed by atoms with E-state index < -0.39 is 34.3 Å². The number of carbonyl (C=O) groups is 2. The molecule has 3 aromatic rings. The van der Waals surface area contributed by atoms with Crippen LogP contribution in [-0.2, 0) is 26.2 Å². The molecule has 8 nitrogen and oxygen atoms in total. The monoisotopic (exact) mass is 651 g/mol. The van der Waals surface area contributed by atoms with E-state index in [9.17, 15) is 22.4 Å². The van der Waals surface area contributed by atoms with Gasteiger partial charge in [-0.05, 0) is 87.4 Å². The third kappa shape index (κ3) is 8.61. The van der Waals surface area contributed by atoms with Gasteiger partial charge in [-0.2, -0.15) is 0 Å². The van der Waals surface area contributed by atoms with E-state index in [1.54, 1.807) is 37.3 Å². The van der Waals surface area contributed by atoms with Gasteiger partial charge in [-0.15, -0.1) is 0 Å². The van der Waals surface area contributed by atoms with E-state index in [4.69, 9.17) is 27.9 Å². The van der Waals surface area contributed by atoms with Gasteiger partial charge in [-0.1, -0.05) is 43.1 Å². The number of halogens is 3. The summed E-state index contributed by atoms with van der Waals surface area (Å²) < 4.78 is 47.9. The lowest BCUT2D eigenvalue weighted by molar-refractivity contribution is -0.140. The van der Waals surface area contributed by atoms with Crippen LogP contribution in [-0.4, -0.2) is 50.4 Å². The van der Waals surface area contributed by atoms with Gasteiger partial charge in [0.2, 0.25) is 11.8 Å². The Morgan fingerprint density at radius 1 is 0.930 bits per heavy atom. The lowest BCUT2D eigenvalue weighted by atomic mass is 10.1. The fraction of sp³-hybridized carbons (Fsp3) is 0.355. The highest BCUT2D eigenvalue weighted by Gasteiger charge is 2.34. The Labute approximate surface area is 262 Å². The number of sulfonamides is 1. The Kier molecular flexibility index (Phi) is 12.2. The van der Waals surface area contributed by atoms with Gasteiger partial charge in [0.05, 0.1) is 17.2 Å². The second kappa shape index (κ2) is 15.4. The molecule has 0 aliphatic carbocycles. The molecule has 12 heteroatoms. The van der Waals surface area contributed by atoms with Crippen molar-refractivity contribution in [2.75, 3.05) is 17.5 Å². The summed E-state index contributed by atoms with van der Waals surface area (Å²) in [6.45, 7) is 6.96. The first-order valence-corrected chi connectivity index (χ1v) is 16.2. The number of benzene rings is 3. The number of ether oxygens (including phenoxy) is 1. The van der Waals surface area contributed by atoms with Crippen LogP contribution in [0.5, 0.6) is 5.75 Å². The van der Waals surface area contributed by atoms with Crippen LogP contribution in [0.25, 0.3) is 0 Å². The van der Waals surface area contributed by atoms with Crippen molar-refractivity contribution in [3.63, 3.8) is 0 Å². The highest BCUT2D eigenvalue weighted by Crippen LogP contribution is 2.29. The molecule has 0 spiro atoms. The third-order valence-electron chi connectivity index (χ3n) is 6.89. The lowest BCUT2D eigenvalue weighted by Gasteiger charge is -2.34. The van der Waals surface area contributed by atoms with Crippen LogP contribution in [0.2, 0.25) is 10.0 Å². The SMILES string of the molecule is CCOc1ccc(N(CC(=O)N(Cc2c(Cl)cccc2Cl)[C@H](CC)C(=O)N[C@H](C)CC)S(=O)(=O)c2ccc(F)cc2)cc1. The molecule has 0 saturated carbocycles. The summed E-state index contributed by atoms with van der Waals surface area (Å²) in [4.78, 5) is 28.7. The van der Waals surface area contributed by atoms with Crippen molar-refractivity contribution in [3.05, 3.63) is 88.2 Å². The normalized spacial score (nSPS) is 12.7. The number of hydrogen-bond donors (Lipinski definition) is 1. The maximum absolute atomic E-state index is 14.2. The van der Waals surface area contributed by atoms with E-state index in [0.717, 1.165) is 28.6 Å². The number of nitrogens with one attached hydrogen (secondary N) is 1. The van der Waals surface area contributed by atoms with E-state index in [1.807, 2.05) is 20.8 Å². The van der Waals surface area contributed by atoms with Gasteiger partial charge >= 0.3 is 0 Å². The van der Waals surface area contributed by atoms with Gasteiger partial charge in [-0.25, -0.2) is 12.8 Å². The van der Waals surface area contributed by atoms with Gasteiger partial charge < -0.3 is 15.0 Å². The van der Waals surface area contributed by atoms with Crippen LogP contribution in [0.1, 0.15) is 46.1 Å². The van der Waals surface area contributed by atoms with Gasteiger partial charge in [0.1, 0.15) is 24.2 Å². The van der Waals surface area contributed by atoms with E-state index in [-0.39, 0.29) is 35.5 Å². The zero-order valence-electron chi connectivity index (χ0n) is 24.5. The minimum absolute atomic E-state index is 0.141. The highest BCUT2D eigenvalue weighted by atomic mass is 35.5. The number of amides is 2. The van der Waals surface area contributed by atoms with Crippen LogP contribution in [0.15, 0.2) is 71.6 Å². The second-order valence-corrected chi connectivity index (χ2v) is 12.5. The fourth-order valence-corrected chi connectivity index (χ4v) is 6.28. The first kappa shape index (κ1) is 34.2. The molecule has 2 atom stereocenters. The molecule has 3 aromatic carbocycles. The Morgan fingerprint density at radius 2 is 1.53 bits per heavy atom. The Bertz CT molecular complexity index is 1480. The molecule has 0 radical (unpaired) electrons.